The normalized spacial score (nSPS) is 13.1. The highest BCUT2D eigenvalue weighted by atomic mass is 19.4. The van der Waals surface area contributed by atoms with E-state index in [1.165, 1.54) is 30.3 Å². The third kappa shape index (κ3) is 5.57. The van der Waals surface area contributed by atoms with E-state index in [0.717, 1.165) is 18.2 Å². The molecule has 0 spiro atoms. The van der Waals surface area contributed by atoms with Gasteiger partial charge < -0.3 is 5.32 Å². The summed E-state index contributed by atoms with van der Waals surface area (Å²) in [6, 6.07) is 8.46. The molecule has 2 rings (SSSR count). The van der Waals surface area contributed by atoms with Crippen molar-refractivity contribution >= 4 is 11.7 Å². The molecule has 0 aliphatic heterocycles. The number of carbonyl (C=O) groups is 2. The fraction of sp³-hybridized carbons (Fsp3) is 0.222. The van der Waals surface area contributed by atoms with E-state index in [1.807, 2.05) is 0 Å². The fourth-order valence-electron chi connectivity index (χ4n) is 2.41. The second-order valence-corrected chi connectivity index (χ2v) is 5.62. The Morgan fingerprint density at radius 1 is 0.852 bits per heavy atom. The van der Waals surface area contributed by atoms with E-state index in [4.69, 9.17) is 0 Å². The number of alkyl halides is 6. The van der Waals surface area contributed by atoms with Crippen LogP contribution in [-0.2, 0) is 6.18 Å². The highest BCUT2D eigenvalue weighted by Crippen LogP contribution is 2.32. The first-order valence-electron chi connectivity index (χ1n) is 7.62. The van der Waals surface area contributed by atoms with Crippen LogP contribution >= 0.6 is 0 Å². The largest absolute Gasteiger partial charge is 0.417 e. The molecule has 2 aromatic carbocycles. The third-order valence-corrected chi connectivity index (χ3v) is 3.59. The van der Waals surface area contributed by atoms with Gasteiger partial charge in [-0.3, -0.25) is 9.59 Å². The predicted molar refractivity (Wildman–Crippen MR) is 84.1 cm³/mol. The van der Waals surface area contributed by atoms with Crippen LogP contribution in [0.2, 0.25) is 0 Å². The molecular weight excluding hydrogens is 376 g/mol. The monoisotopic (exact) mass is 389 g/mol. The molecule has 27 heavy (non-hydrogen) atoms. The fourth-order valence-corrected chi connectivity index (χ4v) is 2.41. The summed E-state index contributed by atoms with van der Waals surface area (Å²) in [6.07, 6.45) is -11.4. The molecule has 2 aromatic rings. The number of hydrogen-bond donors (Lipinski definition) is 1. The van der Waals surface area contributed by atoms with Gasteiger partial charge in [-0.05, 0) is 12.1 Å². The zero-order chi connectivity index (χ0) is 20.2. The number of benzene rings is 2. The lowest BCUT2D eigenvalue weighted by molar-refractivity contribution is -0.139. The summed E-state index contributed by atoms with van der Waals surface area (Å²) in [7, 11) is 0. The van der Waals surface area contributed by atoms with E-state index >= 15 is 0 Å². The van der Waals surface area contributed by atoms with Gasteiger partial charge in [0.25, 0.3) is 5.91 Å². The van der Waals surface area contributed by atoms with Crippen molar-refractivity contribution in [2.75, 3.05) is 0 Å². The molecule has 3 nitrogen and oxygen atoms in total. The minimum atomic E-state index is -4.88. The molecule has 0 saturated heterocycles. The Kier molecular flexibility index (Phi) is 5.92. The Hall–Kier alpha value is -2.84. The molecule has 0 saturated carbocycles. The number of ketones is 1. The molecule has 0 heterocycles. The quantitative estimate of drug-likeness (QED) is 0.598. The molecule has 1 N–H and O–H groups in total. The maximum atomic E-state index is 13.0. The number of hydrogen-bond acceptors (Lipinski definition) is 2. The predicted octanol–water partition coefficient (Wildman–Crippen LogP) is 4.64. The number of Topliss-reactive ketones (excluding diaryl/α,β-unsaturated/α-hetero) is 1. The Bertz CT molecular complexity index is 815. The van der Waals surface area contributed by atoms with Crippen LogP contribution in [0.15, 0.2) is 54.6 Å². The standard InChI is InChI=1S/C18H13F6NO2/c19-17(20,21)10-14(15(26)11-6-2-1-3-7-11)25-16(27)12-8-4-5-9-13(12)18(22,23)24/h1-9,14H,10H2,(H,25,27). The van der Waals surface area contributed by atoms with E-state index in [0.29, 0.717) is 6.07 Å². The van der Waals surface area contributed by atoms with Gasteiger partial charge in [0.15, 0.2) is 5.78 Å². The van der Waals surface area contributed by atoms with E-state index in [-0.39, 0.29) is 5.56 Å². The van der Waals surface area contributed by atoms with Gasteiger partial charge in [0.2, 0.25) is 0 Å². The van der Waals surface area contributed by atoms with E-state index in [9.17, 15) is 35.9 Å². The molecule has 0 aliphatic carbocycles. The Morgan fingerprint density at radius 3 is 1.96 bits per heavy atom. The lowest BCUT2D eigenvalue weighted by Gasteiger charge is -2.20. The second-order valence-electron chi connectivity index (χ2n) is 5.62. The summed E-state index contributed by atoms with van der Waals surface area (Å²) >= 11 is 0. The van der Waals surface area contributed by atoms with Crippen LogP contribution < -0.4 is 5.32 Å². The Morgan fingerprint density at radius 2 is 1.41 bits per heavy atom. The van der Waals surface area contributed by atoms with Gasteiger partial charge in [-0.25, -0.2) is 0 Å². The first-order valence-corrected chi connectivity index (χ1v) is 7.62. The van der Waals surface area contributed by atoms with Gasteiger partial charge in [0, 0.05) is 5.56 Å². The van der Waals surface area contributed by atoms with Crippen molar-refractivity contribution in [3.05, 3.63) is 71.3 Å². The molecule has 0 radical (unpaired) electrons. The summed E-state index contributed by atoms with van der Waals surface area (Å²) < 4.78 is 77.5. The molecule has 144 valence electrons. The minimum absolute atomic E-state index is 0.101. The van der Waals surface area contributed by atoms with E-state index in [2.05, 4.69) is 0 Å². The molecule has 0 bridgehead atoms. The van der Waals surface area contributed by atoms with Crippen LogP contribution in [0.3, 0.4) is 0 Å². The molecule has 9 heteroatoms. The second kappa shape index (κ2) is 7.81. The number of nitrogens with one attached hydrogen (secondary N) is 1. The average Bonchev–Trinajstić information content (AvgIpc) is 2.59. The lowest BCUT2D eigenvalue weighted by atomic mass is 10.00. The van der Waals surface area contributed by atoms with Crippen LogP contribution in [0, 0.1) is 0 Å². The van der Waals surface area contributed by atoms with Crippen molar-refractivity contribution in [2.24, 2.45) is 0 Å². The molecule has 1 unspecified atom stereocenters. The first kappa shape index (κ1) is 20.5. The molecule has 0 fully saturated rings. The summed E-state index contributed by atoms with van der Waals surface area (Å²) in [5.41, 5.74) is -2.27. The van der Waals surface area contributed by atoms with Crippen molar-refractivity contribution in [2.45, 2.75) is 24.8 Å². The van der Waals surface area contributed by atoms with Crippen LogP contribution in [0.5, 0.6) is 0 Å². The van der Waals surface area contributed by atoms with Gasteiger partial charge in [-0.2, -0.15) is 26.3 Å². The topological polar surface area (TPSA) is 46.2 Å². The summed E-state index contributed by atoms with van der Waals surface area (Å²) in [5, 5.41) is 1.79. The highest BCUT2D eigenvalue weighted by Gasteiger charge is 2.39. The number of amides is 1. The zero-order valence-electron chi connectivity index (χ0n) is 13.6. The van der Waals surface area contributed by atoms with Crippen LogP contribution in [0.25, 0.3) is 0 Å². The SMILES string of the molecule is O=C(NC(CC(F)(F)F)C(=O)c1ccccc1)c1ccccc1C(F)(F)F. The average molecular weight is 389 g/mol. The zero-order valence-corrected chi connectivity index (χ0v) is 13.6. The van der Waals surface area contributed by atoms with E-state index < -0.39 is 47.6 Å². The van der Waals surface area contributed by atoms with Gasteiger partial charge in [0.05, 0.1) is 17.5 Å². The summed E-state index contributed by atoms with van der Waals surface area (Å²) in [5.74, 6) is -2.47. The molecule has 1 amide bonds. The molecular formula is C18H13F6NO2. The lowest BCUT2D eigenvalue weighted by Crippen LogP contribution is -2.44. The van der Waals surface area contributed by atoms with Crippen LogP contribution in [0.4, 0.5) is 26.3 Å². The Labute approximate surface area is 150 Å². The smallest absolute Gasteiger partial charge is 0.341 e. The minimum Gasteiger partial charge on any atom is -0.341 e. The number of halogens is 6. The molecule has 0 aromatic heterocycles. The maximum absolute atomic E-state index is 13.0. The van der Waals surface area contributed by atoms with Crippen molar-refractivity contribution in [3.63, 3.8) is 0 Å². The van der Waals surface area contributed by atoms with Gasteiger partial charge >= 0.3 is 12.4 Å². The van der Waals surface area contributed by atoms with Crippen LogP contribution in [-0.4, -0.2) is 23.9 Å². The van der Waals surface area contributed by atoms with E-state index in [1.54, 1.807) is 5.32 Å². The van der Waals surface area contributed by atoms with Crippen molar-refractivity contribution in [1.82, 2.24) is 5.32 Å². The van der Waals surface area contributed by atoms with Gasteiger partial charge in [-0.15, -0.1) is 0 Å². The van der Waals surface area contributed by atoms with Crippen molar-refractivity contribution in [1.29, 1.82) is 0 Å². The van der Waals surface area contributed by atoms with Crippen molar-refractivity contribution < 1.29 is 35.9 Å². The highest BCUT2D eigenvalue weighted by molar-refractivity contribution is 6.04. The molecule has 1 atom stereocenters. The van der Waals surface area contributed by atoms with Crippen molar-refractivity contribution in [3.8, 4) is 0 Å². The maximum Gasteiger partial charge on any atom is 0.417 e. The number of carbonyl (C=O) groups excluding carboxylic acids is 2. The Balaban J connectivity index is 2.33. The van der Waals surface area contributed by atoms with Gasteiger partial charge in [-0.1, -0.05) is 42.5 Å². The van der Waals surface area contributed by atoms with Gasteiger partial charge in [0.1, 0.15) is 6.04 Å². The van der Waals surface area contributed by atoms with Crippen LogP contribution in [0.1, 0.15) is 32.7 Å². The summed E-state index contributed by atoms with van der Waals surface area (Å²) in [6.45, 7) is 0. The summed E-state index contributed by atoms with van der Waals surface area (Å²) in [4.78, 5) is 24.5. The first-order chi connectivity index (χ1) is 12.5. The molecule has 0 aliphatic rings. The third-order valence-electron chi connectivity index (χ3n) is 3.59. The number of rotatable bonds is 5.